The minimum atomic E-state index is -1.25. The Morgan fingerprint density at radius 2 is 1.11 bits per heavy atom. The Labute approximate surface area is 382 Å². The molecule has 2 aromatic carbocycles. The number of carboxylic acids is 4. The molecule has 0 bridgehead atoms. The number of aromatic amines is 2. The van der Waals surface area contributed by atoms with Crippen LogP contribution in [0.4, 0.5) is 0 Å². The minimum Gasteiger partial charge on any atom is -0.508 e. The van der Waals surface area contributed by atoms with Crippen LogP contribution in [-0.4, -0.2) is 187 Å². The van der Waals surface area contributed by atoms with E-state index in [9.17, 15) is 59.4 Å². The fourth-order valence-corrected chi connectivity index (χ4v) is 7.49. The molecule has 0 aliphatic carbocycles. The zero-order chi connectivity index (χ0) is 43.3. The molecule has 2 unspecified atom stereocenters. The van der Waals surface area contributed by atoms with Crippen molar-refractivity contribution in [3.05, 3.63) is 59.9 Å². The second-order valence-corrected chi connectivity index (χ2v) is 14.9. The number of H-pyrrole nitrogens is 2. The molecule has 5 rings (SSSR count). The quantitative estimate of drug-likeness (QED) is 0.0635. The third-order valence-corrected chi connectivity index (χ3v) is 10.6. The van der Waals surface area contributed by atoms with Gasteiger partial charge in [-0.05, 0) is 60.4 Å². The van der Waals surface area contributed by atoms with Gasteiger partial charge >= 0.3 is 23.9 Å². The third-order valence-electron chi connectivity index (χ3n) is 10.6. The molecular formula is C40H52GdN8O12. The molecule has 0 saturated carbocycles. The average molecular weight is 994 g/mol. The summed E-state index contributed by atoms with van der Waals surface area (Å²) in [6, 6.07) is 7.31. The molecule has 1 saturated heterocycles. The molecular weight excluding hydrogens is 942 g/mol. The number of amides is 2. The number of carboxylic acid groups (broad SMARTS) is 4. The van der Waals surface area contributed by atoms with Gasteiger partial charge in [-0.15, -0.1) is 0 Å². The maximum absolute atomic E-state index is 13.8. The van der Waals surface area contributed by atoms with E-state index in [1.54, 1.807) is 62.3 Å². The molecule has 61 heavy (non-hydrogen) atoms. The van der Waals surface area contributed by atoms with E-state index in [1.165, 1.54) is 6.07 Å². The van der Waals surface area contributed by atoms with Crippen LogP contribution in [0.25, 0.3) is 21.8 Å². The van der Waals surface area contributed by atoms with Crippen molar-refractivity contribution in [2.24, 2.45) is 0 Å². The molecule has 332 valence electrons. The Morgan fingerprint density at radius 3 is 1.59 bits per heavy atom. The van der Waals surface area contributed by atoms with Crippen LogP contribution in [0.3, 0.4) is 0 Å². The summed E-state index contributed by atoms with van der Waals surface area (Å²) in [4.78, 5) is 87.7. The number of aromatic nitrogens is 2. The summed E-state index contributed by atoms with van der Waals surface area (Å²) >= 11 is 0. The van der Waals surface area contributed by atoms with Gasteiger partial charge in [-0.2, -0.15) is 0 Å². The fraction of sp³-hybridized carbons (Fsp3) is 0.450. The second kappa shape index (κ2) is 23.4. The van der Waals surface area contributed by atoms with Crippen molar-refractivity contribution >= 4 is 57.5 Å². The van der Waals surface area contributed by atoms with E-state index in [0.29, 0.717) is 22.9 Å². The first-order valence-corrected chi connectivity index (χ1v) is 19.6. The van der Waals surface area contributed by atoms with Gasteiger partial charge in [0.05, 0.1) is 19.6 Å². The van der Waals surface area contributed by atoms with Crippen LogP contribution in [0.5, 0.6) is 11.5 Å². The number of carbonyl (C=O) groups is 6. The van der Waals surface area contributed by atoms with Gasteiger partial charge < -0.3 is 51.2 Å². The molecule has 20 nitrogen and oxygen atoms in total. The summed E-state index contributed by atoms with van der Waals surface area (Å²) in [5, 5.41) is 66.2. The summed E-state index contributed by atoms with van der Waals surface area (Å²) in [5.74, 6) is -5.60. The summed E-state index contributed by atoms with van der Waals surface area (Å²) in [7, 11) is 0. The fourth-order valence-electron chi connectivity index (χ4n) is 7.49. The zero-order valence-electron chi connectivity index (χ0n) is 33.4. The van der Waals surface area contributed by atoms with Gasteiger partial charge in [-0.3, -0.25) is 48.4 Å². The largest absolute Gasteiger partial charge is 0.508 e. The van der Waals surface area contributed by atoms with Gasteiger partial charge in [0.25, 0.3) is 0 Å². The molecule has 2 aromatic heterocycles. The normalized spacial score (nSPS) is 16.1. The first kappa shape index (κ1) is 48.8. The summed E-state index contributed by atoms with van der Waals surface area (Å²) in [5.41, 5.74) is 3.01. The van der Waals surface area contributed by atoms with Crippen molar-refractivity contribution in [1.82, 2.24) is 40.2 Å². The Bertz CT molecular complexity index is 2130. The van der Waals surface area contributed by atoms with E-state index in [4.69, 9.17) is 0 Å². The second-order valence-electron chi connectivity index (χ2n) is 14.9. The van der Waals surface area contributed by atoms with Gasteiger partial charge in [-0.1, -0.05) is 0 Å². The zero-order valence-corrected chi connectivity index (χ0v) is 35.6. The van der Waals surface area contributed by atoms with E-state index < -0.39 is 47.8 Å². The summed E-state index contributed by atoms with van der Waals surface area (Å²) in [6.07, 6.45) is 3.38. The molecule has 0 radical (unpaired) electrons. The molecule has 2 amide bonds. The summed E-state index contributed by atoms with van der Waals surface area (Å²) < 4.78 is 0. The van der Waals surface area contributed by atoms with Crippen LogP contribution in [0, 0.1) is 39.9 Å². The van der Waals surface area contributed by atoms with Gasteiger partial charge in [0.1, 0.15) is 23.6 Å². The maximum atomic E-state index is 13.8. The van der Waals surface area contributed by atoms with E-state index in [2.05, 4.69) is 20.6 Å². The molecule has 1 aliphatic rings. The van der Waals surface area contributed by atoms with Crippen LogP contribution < -0.4 is 10.6 Å². The van der Waals surface area contributed by atoms with Crippen LogP contribution in [0.15, 0.2) is 48.8 Å². The monoisotopic (exact) mass is 994 g/mol. The first-order valence-electron chi connectivity index (χ1n) is 19.6. The Morgan fingerprint density at radius 1 is 0.656 bits per heavy atom. The maximum Gasteiger partial charge on any atom is 0.320 e. The van der Waals surface area contributed by atoms with Crippen LogP contribution in [0.2, 0.25) is 0 Å². The van der Waals surface area contributed by atoms with Crippen molar-refractivity contribution in [1.29, 1.82) is 0 Å². The molecule has 21 heteroatoms. The van der Waals surface area contributed by atoms with Crippen molar-refractivity contribution in [2.45, 2.75) is 37.8 Å². The predicted molar refractivity (Wildman–Crippen MR) is 217 cm³/mol. The number of nitrogens with zero attached hydrogens (tertiary/aromatic N) is 4. The SMILES string of the molecule is O=C(O)CN1CCN(CC(=O)O)CCN(C(CCC(=O)NC(Cc2c[nH]c3ccc(O)cc23)C(=O)NCCc2c[nH]c3ccc(O)cc23)C(=O)O)CCN(CC(=O)O)CC1.[Gd]. The Hall–Kier alpha value is -4.90. The minimum absolute atomic E-state index is 0. The van der Waals surface area contributed by atoms with Crippen molar-refractivity contribution in [2.75, 3.05) is 78.5 Å². The van der Waals surface area contributed by atoms with E-state index in [1.807, 2.05) is 0 Å². The van der Waals surface area contributed by atoms with Gasteiger partial charge in [0.15, 0.2) is 0 Å². The number of aliphatic carboxylic acids is 4. The molecule has 3 heterocycles. The van der Waals surface area contributed by atoms with Crippen molar-refractivity contribution < 1.29 is 99.3 Å². The average Bonchev–Trinajstić information content (AvgIpc) is 3.77. The topological polar surface area (TPSA) is 292 Å². The molecule has 1 fully saturated rings. The predicted octanol–water partition coefficient (Wildman–Crippen LogP) is 0.155. The van der Waals surface area contributed by atoms with Crippen molar-refractivity contribution in [3.8, 4) is 11.5 Å². The first-order chi connectivity index (χ1) is 28.6. The van der Waals surface area contributed by atoms with E-state index in [0.717, 1.165) is 16.5 Å². The third kappa shape index (κ3) is 14.9. The standard InChI is InChI=1S/C40H52N8O12.Gd/c49-27-1-3-31-29(18-27)25(20-42-31)7-8-41-39(58)33(17-26-21-43-32-4-2-28(50)19-30(26)32)44-35(51)6-5-34(40(59)60)48-15-13-46(23-37(54)55)11-9-45(22-36(52)53)10-12-47(14-16-48)24-38(56)57;/h1-4,18-21,33-34,42-43,49-50H,5-17,22-24H2,(H,41,58)(H,44,51)(H,52,53)(H,54,55)(H,56,57)(H,59,60);. The van der Waals surface area contributed by atoms with Gasteiger partial charge in [0.2, 0.25) is 11.8 Å². The molecule has 10 N–H and O–H groups in total. The number of rotatable bonds is 18. The smallest absolute Gasteiger partial charge is 0.320 e. The number of nitrogens with one attached hydrogen (secondary N) is 4. The van der Waals surface area contributed by atoms with E-state index in [-0.39, 0.29) is 149 Å². The number of phenolic OH excluding ortho intramolecular Hbond substituents is 2. The number of fused-ring (bicyclic) bond motifs is 2. The number of phenols is 2. The Balaban J connectivity index is 0.00000819. The van der Waals surface area contributed by atoms with Crippen molar-refractivity contribution in [3.63, 3.8) is 0 Å². The van der Waals surface area contributed by atoms with Crippen LogP contribution in [-0.2, 0) is 41.6 Å². The Kier molecular flexibility index (Phi) is 18.7. The number of carbonyl (C=O) groups excluding carboxylic acids is 2. The van der Waals surface area contributed by atoms with Crippen LogP contribution >= 0.6 is 0 Å². The molecule has 4 aromatic rings. The molecule has 1 aliphatic heterocycles. The number of aromatic hydroxyl groups is 2. The van der Waals surface area contributed by atoms with E-state index >= 15 is 0 Å². The van der Waals surface area contributed by atoms with Crippen LogP contribution in [0.1, 0.15) is 24.0 Å². The van der Waals surface area contributed by atoms with Gasteiger partial charge in [-0.25, -0.2) is 0 Å². The number of hydrogen-bond donors (Lipinski definition) is 10. The number of hydrogen-bond acceptors (Lipinski definition) is 12. The molecule has 2 atom stereocenters. The summed E-state index contributed by atoms with van der Waals surface area (Å²) in [6.45, 7) is -0.00834. The number of benzene rings is 2. The van der Waals surface area contributed by atoms with Gasteiger partial charge in [0, 0.05) is 146 Å². The molecule has 0 spiro atoms.